The van der Waals surface area contributed by atoms with Gasteiger partial charge in [0.05, 0.1) is 21.8 Å². The normalized spacial score (nSPS) is 10.9. The molecule has 8 heteroatoms. The molecule has 1 amide bonds. The van der Waals surface area contributed by atoms with Crippen LogP contribution < -0.4 is 5.32 Å². The number of benzene rings is 1. The molecular weight excluding hydrogens is 360 g/mol. The molecule has 0 aliphatic carbocycles. The van der Waals surface area contributed by atoms with Gasteiger partial charge in [-0.15, -0.1) is 11.3 Å². The predicted molar refractivity (Wildman–Crippen MR) is 105 cm³/mol. The van der Waals surface area contributed by atoms with Crippen molar-refractivity contribution in [3.05, 3.63) is 59.9 Å². The molecule has 27 heavy (non-hydrogen) atoms. The molecule has 0 aliphatic rings. The molecule has 0 spiro atoms. The molecule has 0 radical (unpaired) electrons. The average Bonchev–Trinajstić information content (AvgIpc) is 3.37. The Kier molecular flexibility index (Phi) is 4.55. The fourth-order valence-electron chi connectivity index (χ4n) is 2.78. The third-order valence-electron chi connectivity index (χ3n) is 4.14. The molecule has 4 rings (SSSR count). The zero-order valence-corrected chi connectivity index (χ0v) is 15.8. The minimum atomic E-state index is -0.159. The summed E-state index contributed by atoms with van der Waals surface area (Å²) < 4.78 is 3.29. The van der Waals surface area contributed by atoms with Gasteiger partial charge in [0.25, 0.3) is 0 Å². The molecule has 1 N–H and O–H groups in total. The van der Waals surface area contributed by atoms with Crippen molar-refractivity contribution >= 4 is 23.1 Å². The molecular formula is C19H18N6OS. The van der Waals surface area contributed by atoms with Gasteiger partial charge in [-0.25, -0.2) is 4.98 Å². The molecule has 136 valence electrons. The smallest absolute Gasteiger partial charge is 0.247 e. The van der Waals surface area contributed by atoms with Gasteiger partial charge in [-0.05, 0) is 13.0 Å². The second kappa shape index (κ2) is 7.16. The fraction of sp³-hybridized carbons (Fsp3) is 0.158. The number of aryl methyl sites for hydroxylation is 2. The van der Waals surface area contributed by atoms with Crippen LogP contribution in [-0.2, 0) is 18.4 Å². The highest BCUT2D eigenvalue weighted by Crippen LogP contribution is 2.25. The quantitative estimate of drug-likeness (QED) is 0.578. The van der Waals surface area contributed by atoms with Crippen molar-refractivity contribution in [1.82, 2.24) is 24.5 Å². The van der Waals surface area contributed by atoms with Crippen molar-refractivity contribution in [3.8, 4) is 21.8 Å². The number of rotatable bonds is 5. The number of carbonyl (C=O) groups is 1. The van der Waals surface area contributed by atoms with Crippen molar-refractivity contribution in [2.24, 2.45) is 7.05 Å². The minimum absolute atomic E-state index is 0.129. The Morgan fingerprint density at radius 1 is 1.15 bits per heavy atom. The molecule has 4 aromatic rings. The van der Waals surface area contributed by atoms with Gasteiger partial charge in [0.1, 0.15) is 18.1 Å². The van der Waals surface area contributed by atoms with Gasteiger partial charge in [-0.3, -0.25) is 14.2 Å². The van der Waals surface area contributed by atoms with Crippen molar-refractivity contribution in [2.45, 2.75) is 13.5 Å². The van der Waals surface area contributed by atoms with Crippen LogP contribution in [0.2, 0.25) is 0 Å². The first kappa shape index (κ1) is 17.2. The summed E-state index contributed by atoms with van der Waals surface area (Å²) in [5.41, 5.74) is 5.39. The van der Waals surface area contributed by atoms with E-state index in [2.05, 4.69) is 20.5 Å². The SMILES string of the molecule is Cc1ncsc1-c1ccn(CC(=O)Nc2cc(-c3ccccc3)nn2C)n1. The highest BCUT2D eigenvalue weighted by molar-refractivity contribution is 7.13. The van der Waals surface area contributed by atoms with E-state index in [0.29, 0.717) is 5.82 Å². The molecule has 0 fully saturated rings. The average molecular weight is 378 g/mol. The molecule has 0 unspecified atom stereocenters. The largest absolute Gasteiger partial charge is 0.309 e. The van der Waals surface area contributed by atoms with Gasteiger partial charge in [-0.2, -0.15) is 10.2 Å². The summed E-state index contributed by atoms with van der Waals surface area (Å²) in [6.45, 7) is 2.08. The van der Waals surface area contributed by atoms with Crippen molar-refractivity contribution in [2.75, 3.05) is 5.32 Å². The number of anilines is 1. The first-order valence-corrected chi connectivity index (χ1v) is 9.31. The van der Waals surface area contributed by atoms with E-state index in [1.54, 1.807) is 39.5 Å². The molecule has 0 atom stereocenters. The summed E-state index contributed by atoms with van der Waals surface area (Å²) in [4.78, 5) is 17.7. The van der Waals surface area contributed by atoms with E-state index in [0.717, 1.165) is 27.5 Å². The summed E-state index contributed by atoms with van der Waals surface area (Å²) in [6, 6.07) is 13.6. The lowest BCUT2D eigenvalue weighted by molar-refractivity contribution is -0.116. The van der Waals surface area contributed by atoms with Crippen LogP contribution in [0.1, 0.15) is 5.69 Å². The van der Waals surface area contributed by atoms with Gasteiger partial charge in [0.2, 0.25) is 5.91 Å². The number of thiazole rings is 1. The first-order valence-electron chi connectivity index (χ1n) is 8.43. The Bertz CT molecular complexity index is 1080. The van der Waals surface area contributed by atoms with Gasteiger partial charge < -0.3 is 5.32 Å². The molecule has 0 saturated carbocycles. The zero-order valence-electron chi connectivity index (χ0n) is 15.0. The summed E-state index contributed by atoms with van der Waals surface area (Å²) in [7, 11) is 1.81. The van der Waals surface area contributed by atoms with Gasteiger partial charge in [0, 0.05) is 24.9 Å². The lowest BCUT2D eigenvalue weighted by Gasteiger charge is -2.05. The Balaban J connectivity index is 1.45. The summed E-state index contributed by atoms with van der Waals surface area (Å²) in [6.07, 6.45) is 1.80. The number of nitrogens with zero attached hydrogens (tertiary/aromatic N) is 5. The lowest BCUT2D eigenvalue weighted by Crippen LogP contribution is -2.20. The number of nitrogens with one attached hydrogen (secondary N) is 1. The highest BCUT2D eigenvalue weighted by Gasteiger charge is 2.13. The van der Waals surface area contributed by atoms with E-state index >= 15 is 0 Å². The van der Waals surface area contributed by atoms with Crippen LogP contribution in [-0.4, -0.2) is 30.5 Å². The molecule has 3 heterocycles. The van der Waals surface area contributed by atoms with Crippen LogP contribution in [0, 0.1) is 6.92 Å². The van der Waals surface area contributed by atoms with E-state index in [1.807, 2.05) is 49.4 Å². The molecule has 1 aromatic carbocycles. The van der Waals surface area contributed by atoms with Crippen molar-refractivity contribution in [1.29, 1.82) is 0 Å². The maximum atomic E-state index is 12.4. The summed E-state index contributed by atoms with van der Waals surface area (Å²) in [5.74, 6) is 0.484. The lowest BCUT2D eigenvalue weighted by atomic mass is 10.2. The van der Waals surface area contributed by atoms with Crippen LogP contribution in [0.15, 0.2) is 54.2 Å². The van der Waals surface area contributed by atoms with E-state index in [4.69, 9.17) is 0 Å². The third kappa shape index (κ3) is 3.65. The Hall–Kier alpha value is -3.26. The first-order chi connectivity index (χ1) is 13.1. The number of carbonyl (C=O) groups excluding carboxylic acids is 1. The molecule has 0 bridgehead atoms. The zero-order chi connectivity index (χ0) is 18.8. The maximum Gasteiger partial charge on any atom is 0.247 e. The van der Waals surface area contributed by atoms with Crippen molar-refractivity contribution < 1.29 is 4.79 Å². The van der Waals surface area contributed by atoms with Gasteiger partial charge >= 0.3 is 0 Å². The van der Waals surface area contributed by atoms with Gasteiger partial charge in [0.15, 0.2) is 0 Å². The molecule has 0 saturated heterocycles. The Morgan fingerprint density at radius 2 is 1.96 bits per heavy atom. The van der Waals surface area contributed by atoms with Gasteiger partial charge in [-0.1, -0.05) is 30.3 Å². The molecule has 0 aliphatic heterocycles. The third-order valence-corrected chi connectivity index (χ3v) is 5.09. The van der Waals surface area contributed by atoms with E-state index in [1.165, 1.54) is 0 Å². The topological polar surface area (TPSA) is 77.6 Å². The minimum Gasteiger partial charge on any atom is -0.309 e. The molecule has 7 nitrogen and oxygen atoms in total. The van der Waals surface area contributed by atoms with E-state index < -0.39 is 0 Å². The second-order valence-corrected chi connectivity index (χ2v) is 6.97. The van der Waals surface area contributed by atoms with Crippen molar-refractivity contribution in [3.63, 3.8) is 0 Å². The van der Waals surface area contributed by atoms with Crippen LogP contribution in [0.4, 0.5) is 5.82 Å². The number of aromatic nitrogens is 5. The van der Waals surface area contributed by atoms with E-state index in [-0.39, 0.29) is 12.5 Å². The van der Waals surface area contributed by atoms with E-state index in [9.17, 15) is 4.79 Å². The van der Waals surface area contributed by atoms with Crippen LogP contribution >= 0.6 is 11.3 Å². The van der Waals surface area contributed by atoms with Crippen LogP contribution in [0.25, 0.3) is 21.8 Å². The summed E-state index contributed by atoms with van der Waals surface area (Å²) >= 11 is 1.54. The van der Waals surface area contributed by atoms with Crippen LogP contribution in [0.3, 0.4) is 0 Å². The Labute approximate surface area is 160 Å². The predicted octanol–water partition coefficient (Wildman–Crippen LogP) is 3.35. The molecule has 3 aromatic heterocycles. The number of hydrogen-bond acceptors (Lipinski definition) is 5. The number of amides is 1. The second-order valence-electron chi connectivity index (χ2n) is 6.12. The standard InChI is InChI=1S/C19H18N6OS/c1-13-19(27-12-20-13)15-8-9-25(23-15)11-18(26)21-17-10-16(22-24(17)2)14-6-4-3-5-7-14/h3-10,12H,11H2,1-2H3,(H,21,26). The summed E-state index contributed by atoms with van der Waals surface area (Å²) in [5, 5.41) is 11.8. The maximum absolute atomic E-state index is 12.4. The number of hydrogen-bond donors (Lipinski definition) is 1. The monoisotopic (exact) mass is 378 g/mol. The van der Waals surface area contributed by atoms with Crippen LogP contribution in [0.5, 0.6) is 0 Å². The highest BCUT2D eigenvalue weighted by atomic mass is 32.1. The Morgan fingerprint density at radius 3 is 2.70 bits per heavy atom. The fourth-order valence-corrected chi connectivity index (χ4v) is 3.55.